The maximum absolute atomic E-state index is 11.9. The van der Waals surface area contributed by atoms with Gasteiger partial charge in [-0.25, -0.2) is 9.59 Å². The highest BCUT2D eigenvalue weighted by atomic mass is 79.9. The fourth-order valence-corrected chi connectivity index (χ4v) is 2.75. The van der Waals surface area contributed by atoms with Crippen LogP contribution in [-0.2, 0) is 4.79 Å². The van der Waals surface area contributed by atoms with Gasteiger partial charge in [0.1, 0.15) is 5.54 Å². The molecule has 20 heavy (non-hydrogen) atoms. The number of anilines is 1. The SMILES string of the molecule is O=C(Nc1ccc(Br)c(Cl)c1)NC1(C(=O)O)CCCC1. The van der Waals surface area contributed by atoms with Gasteiger partial charge in [0.05, 0.1) is 5.02 Å². The predicted octanol–water partition coefficient (Wildman–Crippen LogP) is 3.62. The smallest absolute Gasteiger partial charge is 0.329 e. The van der Waals surface area contributed by atoms with E-state index in [1.807, 2.05) is 0 Å². The van der Waals surface area contributed by atoms with E-state index < -0.39 is 17.5 Å². The van der Waals surface area contributed by atoms with Gasteiger partial charge in [-0.3, -0.25) is 0 Å². The van der Waals surface area contributed by atoms with Crippen molar-refractivity contribution in [2.75, 3.05) is 5.32 Å². The number of nitrogens with one attached hydrogen (secondary N) is 2. The number of carboxylic acids is 1. The van der Waals surface area contributed by atoms with Gasteiger partial charge in [-0.1, -0.05) is 24.4 Å². The molecular weight excluding hydrogens is 348 g/mol. The number of rotatable bonds is 3. The van der Waals surface area contributed by atoms with E-state index in [0.29, 0.717) is 23.6 Å². The molecule has 0 unspecified atom stereocenters. The Morgan fingerprint density at radius 2 is 1.95 bits per heavy atom. The maximum Gasteiger partial charge on any atom is 0.329 e. The summed E-state index contributed by atoms with van der Waals surface area (Å²) in [6.07, 6.45) is 2.51. The first kappa shape index (κ1) is 15.1. The van der Waals surface area contributed by atoms with Gasteiger partial charge >= 0.3 is 12.0 Å². The third-order valence-corrected chi connectivity index (χ3v) is 4.63. The lowest BCUT2D eigenvalue weighted by atomic mass is 9.98. The number of aliphatic carboxylic acids is 1. The van der Waals surface area contributed by atoms with E-state index in [1.54, 1.807) is 18.2 Å². The number of amides is 2. The van der Waals surface area contributed by atoms with Gasteiger partial charge < -0.3 is 15.7 Å². The van der Waals surface area contributed by atoms with E-state index in [4.69, 9.17) is 11.6 Å². The van der Waals surface area contributed by atoms with Crippen molar-refractivity contribution in [3.05, 3.63) is 27.7 Å². The van der Waals surface area contributed by atoms with Gasteiger partial charge in [0, 0.05) is 10.2 Å². The molecule has 2 rings (SSSR count). The minimum atomic E-state index is -1.15. The number of carbonyl (C=O) groups is 2. The molecule has 3 N–H and O–H groups in total. The molecule has 1 fully saturated rings. The molecule has 0 spiro atoms. The largest absolute Gasteiger partial charge is 0.480 e. The molecule has 1 aromatic carbocycles. The summed E-state index contributed by atoms with van der Waals surface area (Å²) in [6.45, 7) is 0. The Morgan fingerprint density at radius 3 is 2.50 bits per heavy atom. The summed E-state index contributed by atoms with van der Waals surface area (Å²) in [7, 11) is 0. The number of carbonyl (C=O) groups excluding carboxylic acids is 1. The van der Waals surface area contributed by atoms with Gasteiger partial charge in [-0.05, 0) is 47.0 Å². The number of carboxylic acid groups (broad SMARTS) is 1. The van der Waals surface area contributed by atoms with E-state index in [9.17, 15) is 14.7 Å². The molecule has 7 heteroatoms. The number of hydrogen-bond acceptors (Lipinski definition) is 2. The van der Waals surface area contributed by atoms with Gasteiger partial charge in [0.15, 0.2) is 0 Å². The van der Waals surface area contributed by atoms with Crippen LogP contribution in [0.5, 0.6) is 0 Å². The van der Waals surface area contributed by atoms with Gasteiger partial charge in [-0.15, -0.1) is 0 Å². The lowest BCUT2D eigenvalue weighted by molar-refractivity contribution is -0.144. The van der Waals surface area contributed by atoms with Crippen LogP contribution in [0.15, 0.2) is 22.7 Å². The van der Waals surface area contributed by atoms with Crippen molar-refractivity contribution in [3.8, 4) is 0 Å². The Labute approximate surface area is 129 Å². The van der Waals surface area contributed by atoms with Crippen molar-refractivity contribution < 1.29 is 14.7 Å². The van der Waals surface area contributed by atoms with Crippen LogP contribution >= 0.6 is 27.5 Å². The van der Waals surface area contributed by atoms with Crippen LogP contribution in [0.4, 0.5) is 10.5 Å². The second-order valence-electron chi connectivity index (χ2n) is 4.80. The fourth-order valence-electron chi connectivity index (χ4n) is 2.32. The van der Waals surface area contributed by atoms with Gasteiger partial charge in [-0.2, -0.15) is 0 Å². The zero-order chi connectivity index (χ0) is 14.8. The molecule has 0 radical (unpaired) electrons. The lowest BCUT2D eigenvalue weighted by Gasteiger charge is -2.25. The molecule has 1 aromatic rings. The van der Waals surface area contributed by atoms with Crippen LogP contribution < -0.4 is 10.6 Å². The molecule has 1 saturated carbocycles. The Morgan fingerprint density at radius 1 is 1.30 bits per heavy atom. The molecule has 0 bridgehead atoms. The minimum Gasteiger partial charge on any atom is -0.480 e. The Hall–Kier alpha value is -1.27. The second-order valence-corrected chi connectivity index (χ2v) is 6.06. The first-order valence-electron chi connectivity index (χ1n) is 6.20. The highest BCUT2D eigenvalue weighted by molar-refractivity contribution is 9.10. The van der Waals surface area contributed by atoms with E-state index in [0.717, 1.165) is 17.3 Å². The molecule has 0 aliphatic heterocycles. The van der Waals surface area contributed by atoms with Crippen molar-refractivity contribution >= 4 is 45.2 Å². The van der Waals surface area contributed by atoms with Crippen LogP contribution in [0, 0.1) is 0 Å². The van der Waals surface area contributed by atoms with Crippen LogP contribution in [0.3, 0.4) is 0 Å². The molecule has 1 aliphatic carbocycles. The van der Waals surface area contributed by atoms with Crippen molar-refractivity contribution in [2.24, 2.45) is 0 Å². The Bertz CT molecular complexity index is 544. The van der Waals surface area contributed by atoms with Gasteiger partial charge in [0.2, 0.25) is 0 Å². The maximum atomic E-state index is 11.9. The number of benzene rings is 1. The molecule has 5 nitrogen and oxygen atoms in total. The molecule has 0 heterocycles. The molecule has 0 saturated heterocycles. The summed E-state index contributed by atoms with van der Waals surface area (Å²) < 4.78 is 0.725. The lowest BCUT2D eigenvalue weighted by Crippen LogP contribution is -2.53. The van der Waals surface area contributed by atoms with E-state index in [1.165, 1.54) is 0 Å². The Balaban J connectivity index is 2.04. The molecule has 1 aliphatic rings. The topological polar surface area (TPSA) is 78.4 Å². The normalized spacial score (nSPS) is 16.7. The first-order chi connectivity index (χ1) is 9.43. The van der Waals surface area contributed by atoms with Crippen molar-refractivity contribution in [2.45, 2.75) is 31.2 Å². The number of halogens is 2. The van der Waals surface area contributed by atoms with Gasteiger partial charge in [0.25, 0.3) is 0 Å². The van der Waals surface area contributed by atoms with Crippen LogP contribution in [0.2, 0.25) is 5.02 Å². The second kappa shape index (κ2) is 6.01. The van der Waals surface area contributed by atoms with Crippen molar-refractivity contribution in [1.29, 1.82) is 0 Å². The first-order valence-corrected chi connectivity index (χ1v) is 7.38. The highest BCUT2D eigenvalue weighted by Gasteiger charge is 2.42. The molecule has 0 atom stereocenters. The summed E-state index contributed by atoms with van der Waals surface area (Å²) in [6, 6.07) is 4.44. The quantitative estimate of drug-likeness (QED) is 0.769. The molecular formula is C13H14BrClN2O3. The zero-order valence-electron chi connectivity index (χ0n) is 10.6. The average molecular weight is 362 g/mol. The number of hydrogen-bond donors (Lipinski definition) is 3. The summed E-state index contributed by atoms with van der Waals surface area (Å²) in [5, 5.41) is 14.9. The van der Waals surface area contributed by atoms with Crippen LogP contribution in [0.1, 0.15) is 25.7 Å². The van der Waals surface area contributed by atoms with Crippen LogP contribution in [-0.4, -0.2) is 22.6 Å². The number of urea groups is 1. The summed E-state index contributed by atoms with van der Waals surface area (Å²) in [5.41, 5.74) is -0.641. The standard InChI is InChI=1S/C13H14BrClN2O3/c14-9-4-3-8(7-10(9)15)16-12(20)17-13(11(18)19)5-1-2-6-13/h3-4,7H,1-2,5-6H2,(H,18,19)(H2,16,17,20). The summed E-state index contributed by atoms with van der Waals surface area (Å²) >= 11 is 9.19. The summed E-state index contributed by atoms with van der Waals surface area (Å²) in [5.74, 6) is -0.987. The Kier molecular flexibility index (Phi) is 4.55. The third kappa shape index (κ3) is 3.24. The molecule has 108 valence electrons. The van der Waals surface area contributed by atoms with E-state index in [-0.39, 0.29) is 0 Å². The van der Waals surface area contributed by atoms with Crippen LogP contribution in [0.25, 0.3) is 0 Å². The van der Waals surface area contributed by atoms with E-state index in [2.05, 4.69) is 26.6 Å². The minimum absolute atomic E-state index is 0.455. The third-order valence-electron chi connectivity index (χ3n) is 3.40. The summed E-state index contributed by atoms with van der Waals surface area (Å²) in [4.78, 5) is 23.3. The molecule has 2 amide bonds. The van der Waals surface area contributed by atoms with E-state index >= 15 is 0 Å². The zero-order valence-corrected chi connectivity index (χ0v) is 12.9. The molecule has 0 aromatic heterocycles. The monoisotopic (exact) mass is 360 g/mol. The van der Waals surface area contributed by atoms with Crippen molar-refractivity contribution in [3.63, 3.8) is 0 Å². The highest BCUT2D eigenvalue weighted by Crippen LogP contribution is 2.30. The predicted molar refractivity (Wildman–Crippen MR) is 80.1 cm³/mol. The average Bonchev–Trinajstić information content (AvgIpc) is 2.83. The van der Waals surface area contributed by atoms with Crippen molar-refractivity contribution in [1.82, 2.24) is 5.32 Å². The fraction of sp³-hybridized carbons (Fsp3) is 0.385.